The molecule has 1 aliphatic heterocycles. The van der Waals surface area contributed by atoms with Gasteiger partial charge < -0.3 is 26.0 Å². The van der Waals surface area contributed by atoms with Crippen LogP contribution in [-0.4, -0.2) is 70.1 Å². The summed E-state index contributed by atoms with van der Waals surface area (Å²) in [5.74, 6) is 1.36. The van der Waals surface area contributed by atoms with Crippen LogP contribution in [0.2, 0.25) is 0 Å². The number of carbonyl (C=O) groups excluding carboxylic acids is 2. The second-order valence-corrected chi connectivity index (χ2v) is 9.05. The molecule has 1 aromatic heterocycles. The number of carbonyl (C=O) groups is 2. The lowest BCUT2D eigenvalue weighted by atomic mass is 9.93. The first-order valence-corrected chi connectivity index (χ1v) is 12.1. The van der Waals surface area contributed by atoms with Crippen molar-refractivity contribution in [2.24, 2.45) is 5.92 Å². The minimum atomic E-state index is -0.234. The molecule has 2 heterocycles. The molecule has 0 bridgehead atoms. The number of hydrogen-bond donors (Lipinski definition) is 4. The highest BCUT2D eigenvalue weighted by Crippen LogP contribution is 2.24. The van der Waals surface area contributed by atoms with Crippen molar-refractivity contribution in [3.05, 3.63) is 11.8 Å². The summed E-state index contributed by atoms with van der Waals surface area (Å²) in [5.41, 5.74) is 0.443. The Morgan fingerprint density at radius 1 is 1.16 bits per heavy atom. The third-order valence-corrected chi connectivity index (χ3v) is 6.50. The minimum Gasteiger partial charge on any atom is -0.393 e. The van der Waals surface area contributed by atoms with Gasteiger partial charge in [0.1, 0.15) is 11.4 Å². The Morgan fingerprint density at radius 2 is 1.88 bits per heavy atom. The average molecular weight is 447 g/mol. The molecule has 1 saturated carbocycles. The summed E-state index contributed by atoms with van der Waals surface area (Å²) in [6, 6.07) is 0.180. The van der Waals surface area contributed by atoms with Crippen molar-refractivity contribution >= 4 is 23.6 Å². The van der Waals surface area contributed by atoms with Crippen LogP contribution in [0.1, 0.15) is 75.6 Å². The van der Waals surface area contributed by atoms with E-state index < -0.39 is 0 Å². The molecule has 1 aliphatic carbocycles. The third kappa shape index (κ3) is 7.05. The summed E-state index contributed by atoms with van der Waals surface area (Å²) in [6.45, 7) is 6.59. The van der Waals surface area contributed by atoms with Crippen LogP contribution in [0, 0.1) is 5.92 Å². The number of likely N-dealkylation sites (tertiary alicyclic amines) is 1. The standard InChI is InChI=1S/C23H38N6O3/c1-3-4-11-24-23-26-15-20(21(28-23)27-18-5-7-19(31)8-6-18)22(32)25-14-17-9-12-29(13-10-17)16(2)30/h15,17-19,31H,3-14H2,1-2H3,(H,25,32)(H2,24,26,27,28). The largest absolute Gasteiger partial charge is 0.393 e. The van der Waals surface area contributed by atoms with Crippen molar-refractivity contribution in [1.82, 2.24) is 20.2 Å². The van der Waals surface area contributed by atoms with Crippen LogP contribution < -0.4 is 16.0 Å². The average Bonchev–Trinajstić information content (AvgIpc) is 2.79. The second kappa shape index (κ2) is 12.0. The lowest BCUT2D eigenvalue weighted by Gasteiger charge is -2.31. The van der Waals surface area contributed by atoms with Gasteiger partial charge in [-0.2, -0.15) is 4.98 Å². The van der Waals surface area contributed by atoms with Crippen LogP contribution in [0.4, 0.5) is 11.8 Å². The quantitative estimate of drug-likeness (QED) is 0.430. The first-order valence-electron chi connectivity index (χ1n) is 12.1. The summed E-state index contributed by atoms with van der Waals surface area (Å²) in [6.07, 6.45) is 8.45. The van der Waals surface area contributed by atoms with E-state index in [-0.39, 0.29) is 24.0 Å². The molecule has 178 valence electrons. The minimum absolute atomic E-state index is 0.114. The van der Waals surface area contributed by atoms with Crippen molar-refractivity contribution in [1.29, 1.82) is 0 Å². The van der Waals surface area contributed by atoms with Crippen LogP contribution in [0.15, 0.2) is 6.20 Å². The van der Waals surface area contributed by atoms with Crippen LogP contribution >= 0.6 is 0 Å². The maximum atomic E-state index is 13.0. The van der Waals surface area contributed by atoms with Gasteiger partial charge in [0.05, 0.1) is 6.10 Å². The zero-order valence-electron chi connectivity index (χ0n) is 19.4. The first kappa shape index (κ1) is 24.2. The Labute approximate surface area is 190 Å². The predicted molar refractivity (Wildman–Crippen MR) is 125 cm³/mol. The van der Waals surface area contributed by atoms with Gasteiger partial charge in [-0.1, -0.05) is 13.3 Å². The van der Waals surface area contributed by atoms with Crippen molar-refractivity contribution in [2.75, 3.05) is 36.8 Å². The van der Waals surface area contributed by atoms with E-state index in [1.807, 2.05) is 4.90 Å². The highest BCUT2D eigenvalue weighted by molar-refractivity contribution is 5.98. The molecule has 0 atom stereocenters. The number of aliphatic hydroxyl groups excluding tert-OH is 1. The topological polar surface area (TPSA) is 119 Å². The van der Waals surface area contributed by atoms with Crippen molar-refractivity contribution in [3.8, 4) is 0 Å². The summed E-state index contributed by atoms with van der Waals surface area (Å²) in [7, 11) is 0. The van der Waals surface area contributed by atoms with Crippen molar-refractivity contribution in [3.63, 3.8) is 0 Å². The number of anilines is 2. The fraction of sp³-hybridized carbons (Fsp3) is 0.739. The molecule has 2 fully saturated rings. The van der Waals surface area contributed by atoms with E-state index in [2.05, 4.69) is 32.8 Å². The second-order valence-electron chi connectivity index (χ2n) is 9.05. The van der Waals surface area contributed by atoms with Crippen LogP contribution in [0.5, 0.6) is 0 Å². The van der Waals surface area contributed by atoms with Crippen molar-refractivity contribution in [2.45, 2.75) is 77.4 Å². The molecular weight excluding hydrogens is 408 g/mol. The molecule has 3 rings (SSSR count). The monoisotopic (exact) mass is 446 g/mol. The van der Waals surface area contributed by atoms with E-state index in [1.165, 1.54) is 0 Å². The summed E-state index contributed by atoms with van der Waals surface area (Å²) in [4.78, 5) is 35.3. The van der Waals surface area contributed by atoms with Gasteiger partial charge in [-0.3, -0.25) is 9.59 Å². The zero-order valence-corrected chi connectivity index (χ0v) is 19.4. The van der Waals surface area contributed by atoms with Gasteiger partial charge in [0, 0.05) is 45.3 Å². The van der Waals surface area contributed by atoms with Crippen LogP contribution in [0.25, 0.3) is 0 Å². The summed E-state index contributed by atoms with van der Waals surface area (Å²) < 4.78 is 0. The molecule has 1 saturated heterocycles. The Bertz CT molecular complexity index is 758. The van der Waals surface area contributed by atoms with Gasteiger partial charge in [0.15, 0.2) is 0 Å². The molecule has 0 unspecified atom stereocenters. The van der Waals surface area contributed by atoms with Crippen LogP contribution in [0.3, 0.4) is 0 Å². The van der Waals surface area contributed by atoms with Gasteiger partial charge in [-0.05, 0) is 50.9 Å². The molecule has 9 heteroatoms. The molecule has 2 amide bonds. The predicted octanol–water partition coefficient (Wildman–Crippen LogP) is 2.39. The Morgan fingerprint density at radius 3 is 2.53 bits per heavy atom. The normalized spacial score (nSPS) is 21.8. The molecular formula is C23H38N6O3. The molecule has 0 radical (unpaired) electrons. The zero-order chi connectivity index (χ0) is 22.9. The van der Waals surface area contributed by atoms with Gasteiger partial charge in [0.2, 0.25) is 11.9 Å². The first-order chi connectivity index (χ1) is 15.5. The van der Waals surface area contributed by atoms with E-state index in [0.29, 0.717) is 29.8 Å². The summed E-state index contributed by atoms with van der Waals surface area (Å²) >= 11 is 0. The fourth-order valence-corrected chi connectivity index (χ4v) is 4.32. The molecule has 0 aromatic carbocycles. The van der Waals surface area contributed by atoms with E-state index >= 15 is 0 Å². The van der Waals surface area contributed by atoms with E-state index in [0.717, 1.165) is 71.0 Å². The van der Waals surface area contributed by atoms with Crippen molar-refractivity contribution < 1.29 is 14.7 Å². The molecule has 9 nitrogen and oxygen atoms in total. The molecule has 32 heavy (non-hydrogen) atoms. The number of nitrogens with zero attached hydrogens (tertiary/aromatic N) is 3. The van der Waals surface area contributed by atoms with Gasteiger partial charge in [-0.25, -0.2) is 4.98 Å². The van der Waals surface area contributed by atoms with Crippen LogP contribution in [-0.2, 0) is 4.79 Å². The number of aromatic nitrogens is 2. The summed E-state index contributed by atoms with van der Waals surface area (Å²) in [5, 5.41) is 19.5. The Balaban J connectivity index is 1.62. The smallest absolute Gasteiger partial charge is 0.256 e. The SMILES string of the molecule is CCCCNc1ncc(C(=O)NCC2CCN(C(C)=O)CC2)c(NC2CCC(O)CC2)n1. The Kier molecular flexibility index (Phi) is 9.08. The maximum Gasteiger partial charge on any atom is 0.256 e. The van der Waals surface area contributed by atoms with Gasteiger partial charge >= 0.3 is 0 Å². The highest BCUT2D eigenvalue weighted by Gasteiger charge is 2.24. The maximum absolute atomic E-state index is 13.0. The third-order valence-electron chi connectivity index (χ3n) is 6.50. The molecule has 4 N–H and O–H groups in total. The number of amides is 2. The number of unbranched alkanes of at least 4 members (excludes halogenated alkanes) is 1. The van der Waals surface area contributed by atoms with Gasteiger partial charge in [0.25, 0.3) is 5.91 Å². The number of aliphatic hydroxyl groups is 1. The lowest BCUT2D eigenvalue weighted by Crippen LogP contribution is -2.40. The van der Waals surface area contributed by atoms with E-state index in [1.54, 1.807) is 13.1 Å². The highest BCUT2D eigenvalue weighted by atomic mass is 16.3. The fourth-order valence-electron chi connectivity index (χ4n) is 4.32. The van der Waals surface area contributed by atoms with E-state index in [4.69, 9.17) is 0 Å². The van der Waals surface area contributed by atoms with Gasteiger partial charge in [-0.15, -0.1) is 0 Å². The van der Waals surface area contributed by atoms with E-state index in [9.17, 15) is 14.7 Å². The molecule has 2 aliphatic rings. The lowest BCUT2D eigenvalue weighted by molar-refractivity contribution is -0.130. The number of nitrogens with one attached hydrogen (secondary N) is 3. The Hall–Kier alpha value is -2.42. The molecule has 1 aromatic rings. The number of hydrogen-bond acceptors (Lipinski definition) is 7. The molecule has 0 spiro atoms. The number of rotatable bonds is 9. The number of piperidine rings is 1.